The number of carboxylic acids is 1. The SMILES string of the molecule is CCCCNC(C(=O)O)c1c[nH]c2ccc(OC)cc12. The highest BCUT2D eigenvalue weighted by Crippen LogP contribution is 2.28. The van der Waals surface area contributed by atoms with Crippen molar-refractivity contribution >= 4 is 16.9 Å². The van der Waals surface area contributed by atoms with Crippen molar-refractivity contribution in [2.45, 2.75) is 25.8 Å². The molecule has 0 fully saturated rings. The minimum atomic E-state index is -0.871. The second-order valence-corrected chi connectivity index (χ2v) is 4.73. The lowest BCUT2D eigenvalue weighted by molar-refractivity contribution is -0.139. The molecule has 0 saturated heterocycles. The summed E-state index contributed by atoms with van der Waals surface area (Å²) in [7, 11) is 1.60. The van der Waals surface area contributed by atoms with E-state index in [0.29, 0.717) is 6.54 Å². The summed E-state index contributed by atoms with van der Waals surface area (Å²) in [6, 6.07) is 4.90. The van der Waals surface area contributed by atoms with Crippen LogP contribution in [0.5, 0.6) is 5.75 Å². The van der Waals surface area contributed by atoms with Gasteiger partial charge in [-0.2, -0.15) is 0 Å². The van der Waals surface area contributed by atoms with Crippen LogP contribution in [0.3, 0.4) is 0 Å². The fourth-order valence-electron chi connectivity index (χ4n) is 2.24. The van der Waals surface area contributed by atoms with Gasteiger partial charge in [-0.15, -0.1) is 0 Å². The van der Waals surface area contributed by atoms with Crippen molar-refractivity contribution in [2.75, 3.05) is 13.7 Å². The van der Waals surface area contributed by atoms with Crippen molar-refractivity contribution in [3.63, 3.8) is 0 Å². The zero-order valence-corrected chi connectivity index (χ0v) is 11.8. The van der Waals surface area contributed by atoms with Gasteiger partial charge < -0.3 is 20.1 Å². The van der Waals surface area contributed by atoms with Crippen molar-refractivity contribution < 1.29 is 14.6 Å². The molecule has 0 spiro atoms. The Labute approximate surface area is 117 Å². The number of nitrogens with one attached hydrogen (secondary N) is 2. The number of rotatable bonds is 7. The Morgan fingerprint density at radius 3 is 2.95 bits per heavy atom. The van der Waals surface area contributed by atoms with Crippen molar-refractivity contribution in [1.29, 1.82) is 0 Å². The van der Waals surface area contributed by atoms with Gasteiger partial charge in [-0.05, 0) is 31.2 Å². The van der Waals surface area contributed by atoms with E-state index in [1.165, 1.54) is 0 Å². The fourth-order valence-corrected chi connectivity index (χ4v) is 2.24. The number of benzene rings is 1. The molecule has 0 aliphatic carbocycles. The van der Waals surface area contributed by atoms with Crippen LogP contribution in [0, 0.1) is 0 Å². The number of carboxylic acid groups (broad SMARTS) is 1. The highest BCUT2D eigenvalue weighted by atomic mass is 16.5. The quantitative estimate of drug-likeness (QED) is 0.680. The van der Waals surface area contributed by atoms with Crippen LogP contribution in [0.25, 0.3) is 10.9 Å². The summed E-state index contributed by atoms with van der Waals surface area (Å²) in [6.45, 7) is 2.76. The molecule has 1 aromatic carbocycles. The number of carbonyl (C=O) groups is 1. The molecule has 5 nitrogen and oxygen atoms in total. The molecule has 0 saturated carbocycles. The second-order valence-electron chi connectivity index (χ2n) is 4.73. The van der Waals surface area contributed by atoms with Crippen molar-refractivity contribution in [3.8, 4) is 5.75 Å². The highest BCUT2D eigenvalue weighted by Gasteiger charge is 2.22. The molecule has 3 N–H and O–H groups in total. The molecule has 0 bridgehead atoms. The van der Waals surface area contributed by atoms with Crippen LogP contribution < -0.4 is 10.1 Å². The van der Waals surface area contributed by atoms with Gasteiger partial charge >= 0.3 is 5.97 Å². The zero-order valence-electron chi connectivity index (χ0n) is 11.8. The largest absolute Gasteiger partial charge is 0.497 e. The van der Waals surface area contributed by atoms with Gasteiger partial charge in [-0.25, -0.2) is 0 Å². The van der Waals surface area contributed by atoms with E-state index in [2.05, 4.69) is 17.2 Å². The highest BCUT2D eigenvalue weighted by molar-refractivity contribution is 5.90. The summed E-state index contributed by atoms with van der Waals surface area (Å²) >= 11 is 0. The molecule has 2 aromatic rings. The smallest absolute Gasteiger partial charge is 0.325 e. The number of ether oxygens (including phenoxy) is 1. The maximum Gasteiger partial charge on any atom is 0.325 e. The molecule has 5 heteroatoms. The Hall–Kier alpha value is -2.01. The first-order valence-electron chi connectivity index (χ1n) is 6.78. The third-order valence-corrected chi connectivity index (χ3v) is 3.36. The molecule has 2 rings (SSSR count). The number of aliphatic carboxylic acids is 1. The third-order valence-electron chi connectivity index (χ3n) is 3.36. The van der Waals surface area contributed by atoms with E-state index in [0.717, 1.165) is 35.1 Å². The monoisotopic (exact) mass is 276 g/mol. The Morgan fingerprint density at radius 1 is 1.50 bits per heavy atom. The van der Waals surface area contributed by atoms with E-state index in [4.69, 9.17) is 4.74 Å². The third kappa shape index (κ3) is 2.93. The molecule has 1 atom stereocenters. The van der Waals surface area contributed by atoms with E-state index >= 15 is 0 Å². The average molecular weight is 276 g/mol. The van der Waals surface area contributed by atoms with Crippen LogP contribution in [0.1, 0.15) is 31.4 Å². The Morgan fingerprint density at radius 2 is 2.30 bits per heavy atom. The number of methoxy groups -OCH3 is 1. The molecule has 0 amide bonds. The molecule has 20 heavy (non-hydrogen) atoms. The van der Waals surface area contributed by atoms with Gasteiger partial charge in [0.2, 0.25) is 0 Å². The van der Waals surface area contributed by atoms with Gasteiger partial charge in [-0.1, -0.05) is 13.3 Å². The summed E-state index contributed by atoms with van der Waals surface area (Å²) in [5.41, 5.74) is 1.65. The maximum atomic E-state index is 11.5. The van der Waals surface area contributed by atoms with Crippen molar-refractivity contribution in [1.82, 2.24) is 10.3 Å². The van der Waals surface area contributed by atoms with Crippen molar-refractivity contribution in [2.24, 2.45) is 0 Å². The van der Waals surface area contributed by atoms with Gasteiger partial charge in [0.1, 0.15) is 11.8 Å². The first-order chi connectivity index (χ1) is 9.67. The van der Waals surface area contributed by atoms with E-state index in [9.17, 15) is 9.90 Å². The van der Waals surface area contributed by atoms with Gasteiger partial charge in [0, 0.05) is 22.7 Å². The number of fused-ring (bicyclic) bond motifs is 1. The standard InChI is InChI=1S/C15H20N2O3/c1-3-4-7-16-14(15(18)19)12-9-17-13-6-5-10(20-2)8-11(12)13/h5-6,8-9,14,16-17H,3-4,7H2,1-2H3,(H,18,19). The van der Waals surface area contributed by atoms with Crippen LogP contribution in [-0.4, -0.2) is 29.7 Å². The summed E-state index contributed by atoms with van der Waals surface area (Å²) in [6.07, 6.45) is 3.73. The van der Waals surface area contributed by atoms with Gasteiger partial charge in [0.25, 0.3) is 0 Å². The Balaban J connectivity index is 2.34. The number of hydrogen-bond acceptors (Lipinski definition) is 3. The fraction of sp³-hybridized carbons (Fsp3) is 0.400. The summed E-state index contributed by atoms with van der Waals surface area (Å²) in [5, 5.41) is 13.4. The maximum absolute atomic E-state index is 11.5. The minimum absolute atomic E-state index is 0.685. The first kappa shape index (κ1) is 14.4. The lowest BCUT2D eigenvalue weighted by Crippen LogP contribution is -2.29. The average Bonchev–Trinajstić information content (AvgIpc) is 2.86. The number of H-pyrrole nitrogens is 1. The topological polar surface area (TPSA) is 74.4 Å². The first-order valence-corrected chi connectivity index (χ1v) is 6.78. The van der Waals surface area contributed by atoms with Crippen LogP contribution >= 0.6 is 0 Å². The number of aromatic amines is 1. The predicted octanol–water partition coefficient (Wildman–Crippen LogP) is 2.69. The van der Waals surface area contributed by atoms with Gasteiger partial charge in [0.05, 0.1) is 7.11 Å². The molecule has 1 aromatic heterocycles. The second kappa shape index (κ2) is 6.43. The van der Waals surface area contributed by atoms with E-state index < -0.39 is 12.0 Å². The molecule has 1 unspecified atom stereocenters. The van der Waals surface area contributed by atoms with Gasteiger partial charge in [-0.3, -0.25) is 4.79 Å². The van der Waals surface area contributed by atoms with Gasteiger partial charge in [0.15, 0.2) is 0 Å². The minimum Gasteiger partial charge on any atom is -0.497 e. The van der Waals surface area contributed by atoms with E-state index in [1.54, 1.807) is 13.3 Å². The van der Waals surface area contributed by atoms with E-state index in [-0.39, 0.29) is 0 Å². The summed E-state index contributed by atoms with van der Waals surface area (Å²) < 4.78 is 5.20. The summed E-state index contributed by atoms with van der Waals surface area (Å²) in [5.74, 6) is -0.152. The van der Waals surface area contributed by atoms with Crippen LogP contribution in [-0.2, 0) is 4.79 Å². The molecule has 108 valence electrons. The van der Waals surface area contributed by atoms with Crippen LogP contribution in [0.15, 0.2) is 24.4 Å². The lowest BCUT2D eigenvalue weighted by Gasteiger charge is -2.13. The number of unbranched alkanes of at least 4 members (excludes halogenated alkanes) is 1. The number of hydrogen-bond donors (Lipinski definition) is 3. The Bertz CT molecular complexity index is 592. The predicted molar refractivity (Wildman–Crippen MR) is 78.1 cm³/mol. The molecule has 1 heterocycles. The van der Waals surface area contributed by atoms with Crippen LogP contribution in [0.4, 0.5) is 0 Å². The zero-order chi connectivity index (χ0) is 14.5. The molecular formula is C15H20N2O3. The molecule has 0 aliphatic rings. The van der Waals surface area contributed by atoms with Crippen LogP contribution in [0.2, 0.25) is 0 Å². The summed E-state index contributed by atoms with van der Waals surface area (Å²) in [4.78, 5) is 14.6. The molecular weight excluding hydrogens is 256 g/mol. The molecule has 0 radical (unpaired) electrons. The molecule has 0 aliphatic heterocycles. The lowest BCUT2D eigenvalue weighted by atomic mass is 10.1. The van der Waals surface area contributed by atoms with Crippen molar-refractivity contribution in [3.05, 3.63) is 30.0 Å². The normalized spacial score (nSPS) is 12.5. The Kier molecular flexibility index (Phi) is 4.63. The van der Waals surface area contributed by atoms with E-state index in [1.807, 2.05) is 18.2 Å². The number of aromatic nitrogens is 1.